The molecule has 24 heavy (non-hydrogen) atoms. The Morgan fingerprint density at radius 3 is 2.96 bits per heavy atom. The van der Waals surface area contributed by atoms with Gasteiger partial charge in [-0.2, -0.15) is 0 Å². The van der Waals surface area contributed by atoms with Gasteiger partial charge in [-0.15, -0.1) is 0 Å². The van der Waals surface area contributed by atoms with E-state index in [4.69, 9.17) is 4.42 Å². The van der Waals surface area contributed by atoms with Crippen LogP contribution in [0.5, 0.6) is 0 Å². The molecule has 1 unspecified atom stereocenters. The number of amides is 2. The normalized spacial score (nSPS) is 17.9. The summed E-state index contributed by atoms with van der Waals surface area (Å²) in [5, 5.41) is 3.26. The largest absolute Gasteiger partial charge is 0.461 e. The van der Waals surface area contributed by atoms with Gasteiger partial charge in [-0.1, -0.05) is 0 Å². The quantitative estimate of drug-likeness (QED) is 0.936. The molecule has 2 aromatic rings. The van der Waals surface area contributed by atoms with Crippen LogP contribution >= 0.6 is 0 Å². The molecule has 0 aliphatic carbocycles. The van der Waals surface area contributed by atoms with Crippen molar-refractivity contribution in [3.63, 3.8) is 0 Å². The van der Waals surface area contributed by atoms with Crippen LogP contribution < -0.4 is 5.32 Å². The minimum absolute atomic E-state index is 0.0465. The topological polar surface area (TPSA) is 62.6 Å². The Labute approximate surface area is 139 Å². The number of likely N-dealkylation sites (tertiary alicyclic amines) is 1. The summed E-state index contributed by atoms with van der Waals surface area (Å²) in [5.74, 6) is -0.700. The molecule has 0 spiro atoms. The van der Waals surface area contributed by atoms with E-state index in [9.17, 15) is 14.0 Å². The van der Waals surface area contributed by atoms with E-state index in [1.165, 1.54) is 18.4 Å². The number of halogens is 1. The predicted molar refractivity (Wildman–Crippen MR) is 88.1 cm³/mol. The van der Waals surface area contributed by atoms with E-state index in [0.29, 0.717) is 30.5 Å². The minimum atomic E-state index is -0.482. The SMILES string of the molecule is CCNC(=O)CC1CCCCN1C(=O)c1ccc(F)c2occc12. The van der Waals surface area contributed by atoms with Crippen molar-refractivity contribution in [2.75, 3.05) is 13.1 Å². The van der Waals surface area contributed by atoms with Crippen molar-refractivity contribution in [2.24, 2.45) is 0 Å². The van der Waals surface area contributed by atoms with Crippen LogP contribution in [-0.4, -0.2) is 35.8 Å². The van der Waals surface area contributed by atoms with E-state index < -0.39 is 5.82 Å². The first-order chi connectivity index (χ1) is 11.6. The number of furan rings is 1. The van der Waals surface area contributed by atoms with E-state index in [1.807, 2.05) is 6.92 Å². The number of nitrogens with one attached hydrogen (secondary N) is 1. The van der Waals surface area contributed by atoms with Gasteiger partial charge in [0.05, 0.1) is 11.8 Å². The van der Waals surface area contributed by atoms with Gasteiger partial charge in [0.25, 0.3) is 5.91 Å². The van der Waals surface area contributed by atoms with Gasteiger partial charge in [-0.3, -0.25) is 9.59 Å². The third-order valence-corrected chi connectivity index (χ3v) is 4.48. The van der Waals surface area contributed by atoms with Gasteiger partial charge in [-0.05, 0) is 44.4 Å². The zero-order valence-corrected chi connectivity index (χ0v) is 13.7. The second-order valence-corrected chi connectivity index (χ2v) is 6.06. The highest BCUT2D eigenvalue weighted by Gasteiger charge is 2.30. The number of carbonyl (C=O) groups excluding carboxylic acids is 2. The first kappa shape index (κ1) is 16.5. The summed E-state index contributed by atoms with van der Waals surface area (Å²) in [6, 6.07) is 4.23. The molecule has 2 heterocycles. The lowest BCUT2D eigenvalue weighted by molar-refractivity contribution is -0.122. The average Bonchev–Trinajstić information content (AvgIpc) is 3.06. The third-order valence-electron chi connectivity index (χ3n) is 4.48. The molecule has 1 aromatic heterocycles. The van der Waals surface area contributed by atoms with Crippen LogP contribution in [0.15, 0.2) is 28.9 Å². The van der Waals surface area contributed by atoms with Crippen molar-refractivity contribution < 1.29 is 18.4 Å². The Morgan fingerprint density at radius 2 is 2.17 bits per heavy atom. The number of rotatable bonds is 4. The number of nitrogens with zero attached hydrogens (tertiary/aromatic N) is 1. The van der Waals surface area contributed by atoms with E-state index in [0.717, 1.165) is 19.3 Å². The molecule has 1 saturated heterocycles. The fourth-order valence-electron chi connectivity index (χ4n) is 3.33. The summed E-state index contributed by atoms with van der Waals surface area (Å²) >= 11 is 0. The fourth-order valence-corrected chi connectivity index (χ4v) is 3.33. The summed E-state index contributed by atoms with van der Waals surface area (Å²) in [7, 11) is 0. The van der Waals surface area contributed by atoms with Gasteiger partial charge in [0.15, 0.2) is 11.4 Å². The van der Waals surface area contributed by atoms with E-state index >= 15 is 0 Å². The molecule has 5 nitrogen and oxygen atoms in total. The summed E-state index contributed by atoms with van der Waals surface area (Å²) in [6.45, 7) is 3.06. The maximum atomic E-state index is 13.8. The monoisotopic (exact) mass is 332 g/mol. The number of hydrogen-bond acceptors (Lipinski definition) is 3. The molecule has 1 aliphatic rings. The molecular formula is C18H21FN2O3. The first-order valence-corrected chi connectivity index (χ1v) is 8.35. The lowest BCUT2D eigenvalue weighted by atomic mass is 9.97. The van der Waals surface area contributed by atoms with Crippen molar-refractivity contribution in [1.29, 1.82) is 0 Å². The average molecular weight is 332 g/mol. The van der Waals surface area contributed by atoms with Crippen LogP contribution in [0.25, 0.3) is 11.0 Å². The molecule has 1 aromatic carbocycles. The van der Waals surface area contributed by atoms with Crippen LogP contribution in [0.1, 0.15) is 43.0 Å². The van der Waals surface area contributed by atoms with Crippen LogP contribution in [0.2, 0.25) is 0 Å². The highest BCUT2D eigenvalue weighted by molar-refractivity contribution is 6.06. The van der Waals surface area contributed by atoms with Crippen molar-refractivity contribution >= 4 is 22.8 Å². The zero-order valence-electron chi connectivity index (χ0n) is 13.7. The van der Waals surface area contributed by atoms with Crippen molar-refractivity contribution in [3.05, 3.63) is 35.8 Å². The van der Waals surface area contributed by atoms with Crippen LogP contribution in [0.3, 0.4) is 0 Å². The van der Waals surface area contributed by atoms with Crippen molar-refractivity contribution in [2.45, 2.75) is 38.6 Å². The fraction of sp³-hybridized carbons (Fsp3) is 0.444. The van der Waals surface area contributed by atoms with Crippen LogP contribution in [0.4, 0.5) is 4.39 Å². The maximum Gasteiger partial charge on any atom is 0.254 e. The zero-order chi connectivity index (χ0) is 17.1. The summed E-state index contributed by atoms with van der Waals surface area (Å²) in [6.07, 6.45) is 4.40. The first-order valence-electron chi connectivity index (χ1n) is 8.35. The Bertz CT molecular complexity index is 756. The number of hydrogen-bond donors (Lipinski definition) is 1. The number of carbonyl (C=O) groups is 2. The van der Waals surface area contributed by atoms with Crippen LogP contribution in [-0.2, 0) is 4.79 Å². The highest BCUT2D eigenvalue weighted by Crippen LogP contribution is 2.27. The molecular weight excluding hydrogens is 311 g/mol. The molecule has 3 rings (SSSR count). The second kappa shape index (κ2) is 7.03. The molecule has 1 atom stereocenters. The van der Waals surface area contributed by atoms with Gasteiger partial charge in [0.1, 0.15) is 0 Å². The minimum Gasteiger partial charge on any atom is -0.461 e. The standard InChI is InChI=1S/C18H21FN2O3/c1-2-20-16(22)11-12-5-3-4-9-21(12)18(23)14-6-7-15(19)17-13(14)8-10-24-17/h6-8,10,12H,2-5,9,11H2,1H3,(H,20,22). The van der Waals surface area contributed by atoms with E-state index in [1.54, 1.807) is 11.0 Å². The van der Waals surface area contributed by atoms with Crippen molar-refractivity contribution in [3.8, 4) is 0 Å². The van der Waals surface area contributed by atoms with Gasteiger partial charge in [0, 0.05) is 30.9 Å². The lowest BCUT2D eigenvalue weighted by Gasteiger charge is -2.35. The Kier molecular flexibility index (Phi) is 4.83. The van der Waals surface area contributed by atoms with Gasteiger partial charge < -0.3 is 14.6 Å². The maximum absolute atomic E-state index is 13.8. The van der Waals surface area contributed by atoms with Crippen molar-refractivity contribution in [1.82, 2.24) is 10.2 Å². The molecule has 6 heteroatoms. The number of piperidine rings is 1. The predicted octanol–water partition coefficient (Wildman–Crippen LogP) is 3.09. The van der Waals surface area contributed by atoms with Gasteiger partial charge >= 0.3 is 0 Å². The highest BCUT2D eigenvalue weighted by atomic mass is 19.1. The van der Waals surface area contributed by atoms with E-state index in [2.05, 4.69) is 5.32 Å². The van der Waals surface area contributed by atoms with Crippen LogP contribution in [0, 0.1) is 5.82 Å². The molecule has 1 aliphatic heterocycles. The smallest absolute Gasteiger partial charge is 0.254 e. The lowest BCUT2D eigenvalue weighted by Crippen LogP contribution is -2.46. The second-order valence-electron chi connectivity index (χ2n) is 6.06. The van der Waals surface area contributed by atoms with Gasteiger partial charge in [0.2, 0.25) is 5.91 Å². The summed E-state index contributed by atoms with van der Waals surface area (Å²) < 4.78 is 18.9. The van der Waals surface area contributed by atoms with Gasteiger partial charge in [-0.25, -0.2) is 4.39 Å². The Balaban J connectivity index is 1.87. The molecule has 0 radical (unpaired) electrons. The summed E-state index contributed by atoms with van der Waals surface area (Å²) in [5.41, 5.74) is 0.515. The van der Waals surface area contributed by atoms with E-state index in [-0.39, 0.29) is 23.4 Å². The third kappa shape index (κ3) is 3.13. The number of fused-ring (bicyclic) bond motifs is 1. The Hall–Kier alpha value is -2.37. The molecule has 0 bridgehead atoms. The molecule has 0 saturated carbocycles. The molecule has 128 valence electrons. The Morgan fingerprint density at radius 1 is 1.33 bits per heavy atom. The molecule has 1 fully saturated rings. The molecule has 1 N–H and O–H groups in total. The molecule has 2 amide bonds. The number of benzene rings is 1. The summed E-state index contributed by atoms with van der Waals surface area (Å²) in [4.78, 5) is 26.7.